The Kier molecular flexibility index (Phi) is 7.13. The molecule has 0 saturated carbocycles. The highest BCUT2D eigenvalue weighted by molar-refractivity contribution is 6.74. The third-order valence-electron chi connectivity index (χ3n) is 4.41. The number of carboxylic acids is 1. The Bertz CT molecular complexity index is 727. The van der Waals surface area contributed by atoms with Crippen LogP contribution < -0.4 is 0 Å². The van der Waals surface area contributed by atoms with Crippen molar-refractivity contribution in [2.45, 2.75) is 71.9 Å². The molecule has 0 aromatic carbocycles. The van der Waals surface area contributed by atoms with E-state index in [9.17, 15) is 14.7 Å². The average Bonchev–Trinajstić information content (AvgIpc) is 2.48. The Hall–Kier alpha value is -1.99. The van der Waals surface area contributed by atoms with Crippen LogP contribution in [0, 0.1) is 0 Å². The molecule has 0 amide bonds. The van der Waals surface area contributed by atoms with Gasteiger partial charge >= 0.3 is 11.9 Å². The molecular weight excluding hydrogens is 362 g/mol. The minimum Gasteiger partial charge on any atom is -0.477 e. The van der Waals surface area contributed by atoms with Crippen LogP contribution in [0.5, 0.6) is 0 Å². The molecule has 1 N–H and O–H groups in total. The number of hydrogen-bond donors (Lipinski definition) is 1. The number of aromatic nitrogens is 1. The fourth-order valence-corrected chi connectivity index (χ4v) is 2.79. The van der Waals surface area contributed by atoms with E-state index in [0.29, 0.717) is 11.3 Å². The van der Waals surface area contributed by atoms with Gasteiger partial charge in [0, 0.05) is 6.08 Å². The standard InChI is InChI=1S/C20H31NO5Si/c1-19(2,3)26-17(22)12-10-14-9-11-15(18(23)24)21-16(14)13-25-27(7,8)20(4,5)6/h9-12H,13H2,1-8H3,(H,23,24). The number of pyridine rings is 1. The molecule has 7 heteroatoms. The van der Waals surface area contributed by atoms with E-state index in [1.165, 1.54) is 12.1 Å². The lowest BCUT2D eigenvalue weighted by Gasteiger charge is -2.36. The van der Waals surface area contributed by atoms with Crippen LogP contribution >= 0.6 is 0 Å². The molecule has 0 spiro atoms. The molecule has 0 saturated heterocycles. The fraction of sp³-hybridized carbons (Fsp3) is 0.550. The molecule has 0 aliphatic carbocycles. The van der Waals surface area contributed by atoms with Crippen LogP contribution in [0.2, 0.25) is 18.1 Å². The lowest BCUT2D eigenvalue weighted by Crippen LogP contribution is -2.40. The summed E-state index contributed by atoms with van der Waals surface area (Å²) < 4.78 is 11.4. The van der Waals surface area contributed by atoms with E-state index in [4.69, 9.17) is 9.16 Å². The van der Waals surface area contributed by atoms with Gasteiger partial charge in [-0.25, -0.2) is 14.6 Å². The fourth-order valence-electron chi connectivity index (χ4n) is 1.86. The van der Waals surface area contributed by atoms with Crippen molar-refractivity contribution in [1.29, 1.82) is 0 Å². The van der Waals surface area contributed by atoms with Gasteiger partial charge in [0.1, 0.15) is 11.3 Å². The van der Waals surface area contributed by atoms with Crippen LogP contribution in [0.15, 0.2) is 18.2 Å². The molecule has 0 atom stereocenters. The van der Waals surface area contributed by atoms with Crippen LogP contribution in [0.25, 0.3) is 6.08 Å². The minimum atomic E-state index is -2.03. The minimum absolute atomic E-state index is 0.0178. The number of rotatable bonds is 6. The number of hydrogen-bond acceptors (Lipinski definition) is 5. The lowest BCUT2D eigenvalue weighted by molar-refractivity contribution is -0.148. The van der Waals surface area contributed by atoms with Crippen molar-refractivity contribution in [2.75, 3.05) is 0 Å². The average molecular weight is 394 g/mol. The Balaban J connectivity index is 3.11. The van der Waals surface area contributed by atoms with E-state index < -0.39 is 25.9 Å². The van der Waals surface area contributed by atoms with Crippen LogP contribution in [0.1, 0.15) is 63.3 Å². The molecule has 27 heavy (non-hydrogen) atoms. The van der Waals surface area contributed by atoms with Crippen molar-refractivity contribution in [3.8, 4) is 0 Å². The number of carboxylic acid groups (broad SMARTS) is 1. The summed E-state index contributed by atoms with van der Waals surface area (Å²) in [5.74, 6) is -1.58. The molecule has 0 aliphatic heterocycles. The molecule has 6 nitrogen and oxygen atoms in total. The zero-order valence-corrected chi connectivity index (χ0v) is 18.5. The quantitative estimate of drug-likeness (QED) is 0.430. The summed E-state index contributed by atoms with van der Waals surface area (Å²) in [6.45, 7) is 16.2. The van der Waals surface area contributed by atoms with Crippen LogP contribution in [0.3, 0.4) is 0 Å². The first-order valence-corrected chi connectivity index (χ1v) is 11.8. The Morgan fingerprint density at radius 1 is 1.15 bits per heavy atom. The topological polar surface area (TPSA) is 85.7 Å². The van der Waals surface area contributed by atoms with Gasteiger partial charge < -0.3 is 14.3 Å². The van der Waals surface area contributed by atoms with Crippen molar-refractivity contribution in [1.82, 2.24) is 4.98 Å². The Labute approximate surface area is 162 Å². The first kappa shape index (κ1) is 23.0. The maximum atomic E-state index is 11.9. The van der Waals surface area contributed by atoms with E-state index in [1.807, 2.05) is 0 Å². The third-order valence-corrected chi connectivity index (χ3v) is 8.89. The molecule has 0 unspecified atom stereocenters. The molecule has 0 fully saturated rings. The smallest absolute Gasteiger partial charge is 0.354 e. The van der Waals surface area contributed by atoms with Crippen LogP contribution in [-0.4, -0.2) is 35.9 Å². The van der Waals surface area contributed by atoms with E-state index in [-0.39, 0.29) is 17.3 Å². The van der Waals surface area contributed by atoms with E-state index in [0.717, 1.165) is 0 Å². The second kappa shape index (κ2) is 8.35. The Morgan fingerprint density at radius 3 is 2.22 bits per heavy atom. The zero-order chi connectivity index (χ0) is 21.0. The van der Waals surface area contributed by atoms with Gasteiger partial charge in [0.05, 0.1) is 12.3 Å². The number of esters is 1. The largest absolute Gasteiger partial charge is 0.477 e. The number of ether oxygens (including phenoxy) is 1. The molecule has 1 aromatic heterocycles. The molecule has 0 radical (unpaired) electrons. The van der Waals surface area contributed by atoms with Crippen LogP contribution in [-0.2, 0) is 20.6 Å². The van der Waals surface area contributed by atoms with Gasteiger partial charge in [0.2, 0.25) is 0 Å². The molecule has 0 aliphatic rings. The maximum absolute atomic E-state index is 11.9. The second-order valence-electron chi connectivity index (χ2n) is 8.95. The third kappa shape index (κ3) is 7.26. The molecule has 1 rings (SSSR count). The van der Waals surface area contributed by atoms with Gasteiger partial charge in [0.25, 0.3) is 0 Å². The molecule has 1 aromatic rings. The highest BCUT2D eigenvalue weighted by Crippen LogP contribution is 2.37. The van der Waals surface area contributed by atoms with Crippen LogP contribution in [0.4, 0.5) is 0 Å². The number of carbonyl (C=O) groups is 2. The van der Waals surface area contributed by atoms with Gasteiger partial charge in [-0.1, -0.05) is 26.8 Å². The summed E-state index contributed by atoms with van der Waals surface area (Å²) in [5, 5.41) is 9.23. The normalized spacial score (nSPS) is 13.0. The summed E-state index contributed by atoms with van der Waals surface area (Å²) >= 11 is 0. The monoisotopic (exact) mass is 393 g/mol. The van der Waals surface area contributed by atoms with Crippen molar-refractivity contribution >= 4 is 26.3 Å². The summed E-state index contributed by atoms with van der Waals surface area (Å²) in [6.07, 6.45) is 2.90. The first-order chi connectivity index (χ1) is 12.1. The van der Waals surface area contributed by atoms with Gasteiger partial charge in [0.15, 0.2) is 8.32 Å². The van der Waals surface area contributed by atoms with E-state index >= 15 is 0 Å². The molecular formula is C20H31NO5Si. The number of nitrogens with zero attached hydrogens (tertiary/aromatic N) is 1. The predicted octanol–water partition coefficient (Wildman–Crippen LogP) is 4.66. The Morgan fingerprint density at radius 2 is 1.74 bits per heavy atom. The molecule has 0 bridgehead atoms. The summed E-state index contributed by atoms with van der Waals surface area (Å²) in [6, 6.07) is 3.04. The van der Waals surface area contributed by atoms with Gasteiger partial charge in [-0.2, -0.15) is 0 Å². The van der Waals surface area contributed by atoms with Crippen molar-refractivity contribution in [2.24, 2.45) is 0 Å². The maximum Gasteiger partial charge on any atom is 0.354 e. The van der Waals surface area contributed by atoms with Crippen molar-refractivity contribution < 1.29 is 23.9 Å². The van der Waals surface area contributed by atoms with Gasteiger partial charge in [-0.15, -0.1) is 0 Å². The summed E-state index contributed by atoms with van der Waals surface area (Å²) in [5.41, 5.74) is 0.476. The molecule has 150 valence electrons. The highest BCUT2D eigenvalue weighted by atomic mass is 28.4. The molecule has 1 heterocycles. The lowest BCUT2D eigenvalue weighted by atomic mass is 10.1. The summed E-state index contributed by atoms with van der Waals surface area (Å²) in [4.78, 5) is 27.4. The SMILES string of the molecule is CC(C)(C)OC(=O)C=Cc1ccc(C(=O)O)nc1CO[Si](C)(C)C(C)(C)C. The van der Waals surface area contributed by atoms with Crippen molar-refractivity contribution in [3.05, 3.63) is 35.2 Å². The van der Waals surface area contributed by atoms with Gasteiger partial charge in [-0.05, 0) is 56.6 Å². The highest BCUT2D eigenvalue weighted by Gasteiger charge is 2.37. The second-order valence-corrected chi connectivity index (χ2v) is 13.8. The zero-order valence-electron chi connectivity index (χ0n) is 17.5. The predicted molar refractivity (Wildman–Crippen MR) is 108 cm³/mol. The van der Waals surface area contributed by atoms with E-state index in [1.54, 1.807) is 32.9 Å². The number of carbonyl (C=O) groups excluding carboxylic acids is 1. The van der Waals surface area contributed by atoms with E-state index in [2.05, 4.69) is 38.8 Å². The number of aromatic carboxylic acids is 1. The first-order valence-electron chi connectivity index (χ1n) is 8.91. The van der Waals surface area contributed by atoms with Crippen molar-refractivity contribution in [3.63, 3.8) is 0 Å². The van der Waals surface area contributed by atoms with Gasteiger partial charge in [-0.3, -0.25) is 0 Å². The summed E-state index contributed by atoms with van der Waals surface area (Å²) in [7, 11) is -2.03.